The van der Waals surface area contributed by atoms with Crippen LogP contribution >= 0.6 is 0 Å². The highest BCUT2D eigenvalue weighted by atomic mass is 16.5. The van der Waals surface area contributed by atoms with E-state index in [1.54, 1.807) is 6.92 Å². The van der Waals surface area contributed by atoms with E-state index in [1.165, 1.54) is 6.08 Å². The van der Waals surface area contributed by atoms with Crippen molar-refractivity contribution >= 4 is 23.5 Å². The summed E-state index contributed by atoms with van der Waals surface area (Å²) in [5.74, 6) is -1.80. The van der Waals surface area contributed by atoms with Crippen LogP contribution in [-0.2, 0) is 23.9 Å². The highest BCUT2D eigenvalue weighted by Crippen LogP contribution is 2.33. The van der Waals surface area contributed by atoms with Gasteiger partial charge in [0.25, 0.3) is 0 Å². The predicted octanol–water partition coefficient (Wildman–Crippen LogP) is -0.633. The number of rotatable bonds is 6. The Hall–Kier alpha value is -2.88. The molecule has 3 heterocycles. The third-order valence-electron chi connectivity index (χ3n) is 4.09. The molecule has 10 heteroatoms. The summed E-state index contributed by atoms with van der Waals surface area (Å²) in [5.41, 5.74) is 1.89. The molecule has 0 aromatic carbocycles. The molecule has 0 radical (unpaired) electrons. The second-order valence-corrected chi connectivity index (χ2v) is 6.26. The molecular formula is C17H24N4O6. The van der Waals surface area contributed by atoms with Gasteiger partial charge in [-0.2, -0.15) is 0 Å². The van der Waals surface area contributed by atoms with Gasteiger partial charge in [0.1, 0.15) is 17.8 Å². The lowest BCUT2D eigenvalue weighted by atomic mass is 10.0. The number of ketones is 2. The summed E-state index contributed by atoms with van der Waals surface area (Å²) in [7, 11) is 0. The largest absolute Gasteiger partial charge is 0.481 e. The van der Waals surface area contributed by atoms with Gasteiger partial charge in [-0.3, -0.25) is 19.2 Å². The Labute approximate surface area is 156 Å². The summed E-state index contributed by atoms with van der Waals surface area (Å²) in [6, 6.07) is 0. The number of Topliss-reactive ketones (excluding diaryl/α,β-unsaturated/α-hetero) is 1. The predicted molar refractivity (Wildman–Crippen MR) is 93.7 cm³/mol. The Balaban J connectivity index is 0.000000228. The molecule has 148 valence electrons. The van der Waals surface area contributed by atoms with Gasteiger partial charge in [-0.15, -0.1) is 0 Å². The van der Waals surface area contributed by atoms with Crippen LogP contribution in [0.5, 0.6) is 0 Å². The van der Waals surface area contributed by atoms with Gasteiger partial charge >= 0.3 is 11.9 Å². The zero-order valence-corrected chi connectivity index (χ0v) is 15.3. The second kappa shape index (κ2) is 8.21. The van der Waals surface area contributed by atoms with Crippen LogP contribution in [0.25, 0.3) is 0 Å². The van der Waals surface area contributed by atoms with Crippen LogP contribution in [0.15, 0.2) is 23.2 Å². The summed E-state index contributed by atoms with van der Waals surface area (Å²) in [5, 5.41) is 8.01. The third kappa shape index (κ3) is 5.07. The van der Waals surface area contributed by atoms with Crippen molar-refractivity contribution in [3.63, 3.8) is 0 Å². The van der Waals surface area contributed by atoms with Crippen LogP contribution in [0.3, 0.4) is 0 Å². The normalized spacial score (nSPS) is 19.6. The maximum Gasteiger partial charge on any atom is 0.317 e. The Morgan fingerprint density at radius 1 is 1.00 bits per heavy atom. The van der Waals surface area contributed by atoms with Crippen molar-refractivity contribution in [1.82, 2.24) is 20.9 Å². The molecule has 27 heavy (non-hydrogen) atoms. The molecule has 0 bridgehead atoms. The van der Waals surface area contributed by atoms with Crippen molar-refractivity contribution in [2.24, 2.45) is 0 Å². The minimum atomic E-state index is -1.16. The van der Waals surface area contributed by atoms with Crippen LogP contribution in [-0.4, -0.2) is 89.2 Å². The van der Waals surface area contributed by atoms with Crippen LogP contribution in [0.2, 0.25) is 0 Å². The molecule has 0 spiro atoms. The molecular weight excluding hydrogens is 356 g/mol. The summed E-state index contributed by atoms with van der Waals surface area (Å²) < 4.78 is 4.33. The summed E-state index contributed by atoms with van der Waals surface area (Å²) in [4.78, 5) is 50.5. The molecule has 0 unspecified atom stereocenters. The number of hydrogen-bond donors (Lipinski definition) is 2. The van der Waals surface area contributed by atoms with Crippen molar-refractivity contribution < 1.29 is 29.0 Å². The lowest BCUT2D eigenvalue weighted by molar-refractivity contribution is -0.150. The topological polar surface area (TPSA) is 142 Å². The number of hydrogen-bond acceptors (Lipinski definition) is 9. The zero-order chi connectivity index (χ0) is 18.8. The average Bonchev–Trinajstić information content (AvgIpc) is 3.43. The minimum absolute atomic E-state index is 0. The van der Waals surface area contributed by atoms with E-state index in [9.17, 15) is 19.2 Å². The van der Waals surface area contributed by atoms with Gasteiger partial charge in [0.2, 0.25) is 11.6 Å². The molecule has 3 fully saturated rings. The second-order valence-electron chi connectivity index (χ2n) is 6.26. The first-order valence-electron chi connectivity index (χ1n) is 8.59. The van der Waals surface area contributed by atoms with E-state index in [4.69, 9.17) is 5.11 Å². The molecule has 0 atom stereocenters. The lowest BCUT2D eigenvalue weighted by Gasteiger charge is -2.21. The smallest absolute Gasteiger partial charge is 0.317 e. The summed E-state index contributed by atoms with van der Waals surface area (Å²) >= 11 is 0. The number of esters is 1. The average molecular weight is 380 g/mol. The maximum atomic E-state index is 12.4. The molecule has 0 saturated carbocycles. The Bertz CT molecular complexity index is 717. The molecule has 10 nitrogen and oxygen atoms in total. The summed E-state index contributed by atoms with van der Waals surface area (Å²) in [6.45, 7) is 7.26. The zero-order valence-electron chi connectivity index (χ0n) is 15.3. The van der Waals surface area contributed by atoms with Crippen LogP contribution in [0.1, 0.15) is 13.3 Å². The van der Waals surface area contributed by atoms with Crippen molar-refractivity contribution in [2.45, 2.75) is 13.3 Å². The summed E-state index contributed by atoms with van der Waals surface area (Å²) in [6.07, 6.45) is 0.976. The van der Waals surface area contributed by atoms with Crippen molar-refractivity contribution in [1.29, 1.82) is 0 Å². The number of ether oxygens (including phenoxy) is 1. The van der Waals surface area contributed by atoms with Gasteiger partial charge in [0.05, 0.1) is 12.3 Å². The Morgan fingerprint density at radius 3 is 1.96 bits per heavy atom. The molecule has 0 aromatic rings. The molecule has 0 aromatic heterocycles. The van der Waals surface area contributed by atoms with E-state index in [0.717, 1.165) is 39.3 Å². The molecule has 1 aliphatic carbocycles. The molecule has 4 rings (SSSR count). The van der Waals surface area contributed by atoms with Crippen LogP contribution < -0.4 is 6.15 Å². The van der Waals surface area contributed by atoms with Gasteiger partial charge in [0.15, 0.2) is 0 Å². The maximum absolute atomic E-state index is 12.4. The van der Waals surface area contributed by atoms with E-state index < -0.39 is 18.4 Å². The third-order valence-corrected chi connectivity index (χ3v) is 4.09. The molecule has 3 aliphatic heterocycles. The number of allylic oxidation sites excluding steroid dienone is 1. The molecule has 3 saturated heterocycles. The van der Waals surface area contributed by atoms with Crippen LogP contribution in [0, 0.1) is 0 Å². The molecule has 0 amide bonds. The highest BCUT2D eigenvalue weighted by Gasteiger charge is 2.43. The number of carboxylic acid groups (broad SMARTS) is 1. The number of carboxylic acids is 1. The monoisotopic (exact) mass is 380 g/mol. The van der Waals surface area contributed by atoms with Crippen molar-refractivity contribution in [2.75, 3.05) is 45.9 Å². The fraction of sp³-hybridized carbons (Fsp3) is 0.529. The van der Waals surface area contributed by atoms with Crippen LogP contribution in [0.4, 0.5) is 0 Å². The number of carbonyl (C=O) groups excluding carboxylic acids is 3. The van der Waals surface area contributed by atoms with E-state index >= 15 is 0 Å². The fourth-order valence-electron chi connectivity index (χ4n) is 2.61. The number of nitrogens with zero attached hydrogens (tertiary/aromatic N) is 3. The minimum Gasteiger partial charge on any atom is -0.481 e. The van der Waals surface area contributed by atoms with E-state index in [1.807, 2.05) is 14.7 Å². The van der Waals surface area contributed by atoms with Gasteiger partial charge in [0, 0.05) is 45.3 Å². The molecule has 4 aliphatic rings. The van der Waals surface area contributed by atoms with Gasteiger partial charge < -0.3 is 30.7 Å². The Morgan fingerprint density at radius 2 is 1.52 bits per heavy atom. The van der Waals surface area contributed by atoms with Gasteiger partial charge in [-0.05, 0) is 6.92 Å². The van der Waals surface area contributed by atoms with Crippen molar-refractivity contribution in [3.8, 4) is 0 Å². The number of carbonyl (C=O) groups is 4. The van der Waals surface area contributed by atoms with E-state index in [2.05, 4.69) is 4.74 Å². The SMILES string of the molecule is CCOC(=O)CC(=O)O.N.O=C1C=C(N2CC2)C(=O)C(N2CC2)=C1N1CC1. The van der Waals surface area contributed by atoms with Crippen molar-refractivity contribution in [3.05, 3.63) is 23.2 Å². The van der Waals surface area contributed by atoms with Gasteiger partial charge in [-0.1, -0.05) is 0 Å². The highest BCUT2D eigenvalue weighted by molar-refractivity contribution is 6.22. The first-order chi connectivity index (χ1) is 12.4. The van der Waals surface area contributed by atoms with E-state index in [0.29, 0.717) is 17.1 Å². The quantitative estimate of drug-likeness (QED) is 0.264. The lowest BCUT2D eigenvalue weighted by Crippen LogP contribution is -2.29. The first kappa shape index (κ1) is 20.4. The fourth-order valence-corrected chi connectivity index (χ4v) is 2.61. The standard InChI is InChI=1S/C12H13N3O2.C5H8O4.H3N/c16-9-7-8(13-1-2-13)12(17)11(15-5-6-15)10(9)14-3-4-14;1-2-9-5(8)3-4(6)7;/h7H,1-6H2;2-3H2,1H3,(H,6,7);1H3. The molecule has 4 N–H and O–H groups in total. The first-order valence-corrected chi connectivity index (χ1v) is 8.59. The number of aliphatic carboxylic acids is 1. The Kier molecular flexibility index (Phi) is 6.21. The van der Waals surface area contributed by atoms with Gasteiger partial charge in [-0.25, -0.2) is 0 Å². The van der Waals surface area contributed by atoms with E-state index in [-0.39, 0.29) is 24.3 Å².